The minimum atomic E-state index is -4.02. The highest BCUT2D eigenvalue weighted by Crippen LogP contribution is 2.48. The van der Waals surface area contributed by atoms with Gasteiger partial charge in [-0.05, 0) is 94.7 Å². The minimum Gasteiger partial charge on any atom is -0.470 e. The first kappa shape index (κ1) is 42.8. The summed E-state index contributed by atoms with van der Waals surface area (Å²) < 4.78 is 46.6. The number of nitrogens with zero attached hydrogens (tertiary/aromatic N) is 3. The molecule has 4 aromatic rings. The first-order valence-corrected chi connectivity index (χ1v) is 24.0. The highest BCUT2D eigenvalue weighted by atomic mass is 32.2. The Morgan fingerprint density at radius 1 is 0.952 bits per heavy atom. The molecule has 5 aliphatic rings. The van der Waals surface area contributed by atoms with Gasteiger partial charge in [-0.3, -0.25) is 19.1 Å². The van der Waals surface area contributed by atoms with Crippen LogP contribution < -0.4 is 20.1 Å². The third-order valence-corrected chi connectivity index (χ3v) is 15.8. The predicted molar refractivity (Wildman–Crippen MR) is 235 cm³/mol. The molecule has 0 bridgehead atoms. The molecule has 2 aliphatic heterocycles. The van der Waals surface area contributed by atoms with E-state index < -0.39 is 68.2 Å². The molecule has 16 heteroatoms. The van der Waals surface area contributed by atoms with Gasteiger partial charge < -0.3 is 29.4 Å². The number of carbonyl (C=O) groups excluding carboxylic acids is 4. The van der Waals surface area contributed by atoms with Gasteiger partial charge in [-0.15, -0.1) is 0 Å². The van der Waals surface area contributed by atoms with Crippen LogP contribution in [0, 0.1) is 5.92 Å². The number of sulfonamides is 1. The zero-order valence-electron chi connectivity index (χ0n) is 36.1. The monoisotopic (exact) mass is 880 g/mol. The molecule has 9 rings (SSSR count). The molecule has 63 heavy (non-hydrogen) atoms. The first-order chi connectivity index (χ1) is 30.2. The number of amides is 4. The van der Waals surface area contributed by atoms with Crippen LogP contribution in [0.25, 0.3) is 33.5 Å². The molecule has 4 fully saturated rings. The molecule has 2 aromatic heterocycles. The van der Waals surface area contributed by atoms with Crippen LogP contribution in [0.4, 0.5) is 4.79 Å². The second kappa shape index (κ2) is 16.9. The highest BCUT2D eigenvalue weighted by Gasteiger charge is 2.63. The molecule has 3 aliphatic carbocycles. The van der Waals surface area contributed by atoms with Gasteiger partial charge in [0, 0.05) is 23.3 Å². The summed E-state index contributed by atoms with van der Waals surface area (Å²) in [5, 5.41) is 6.53. The number of hydrogen-bond donors (Lipinski definition) is 3. The number of fused-ring (bicyclic) bond motifs is 5. The van der Waals surface area contributed by atoms with Crippen LogP contribution >= 0.6 is 0 Å². The van der Waals surface area contributed by atoms with Crippen molar-refractivity contribution >= 4 is 55.9 Å². The third kappa shape index (κ3) is 8.62. The van der Waals surface area contributed by atoms with E-state index >= 15 is 0 Å². The van der Waals surface area contributed by atoms with Gasteiger partial charge in [-0.25, -0.2) is 18.2 Å². The Labute approximate surface area is 367 Å². The van der Waals surface area contributed by atoms with Crippen molar-refractivity contribution in [2.24, 2.45) is 5.92 Å². The van der Waals surface area contributed by atoms with Crippen molar-refractivity contribution < 1.29 is 41.5 Å². The van der Waals surface area contributed by atoms with Gasteiger partial charge in [-0.1, -0.05) is 75.2 Å². The molecule has 0 unspecified atom stereocenters. The molecule has 5 atom stereocenters. The zero-order valence-corrected chi connectivity index (χ0v) is 36.9. The Morgan fingerprint density at radius 2 is 1.70 bits per heavy atom. The number of nitrogens with one attached hydrogen (secondary N) is 3. The number of aromatic nitrogens is 2. The van der Waals surface area contributed by atoms with Crippen molar-refractivity contribution in [2.45, 2.75) is 145 Å². The average Bonchev–Trinajstić information content (AvgIpc) is 3.92. The van der Waals surface area contributed by atoms with Crippen LogP contribution in [0.5, 0.6) is 5.88 Å². The standard InChI is InChI=1S/C47H56N6O9S/c1-28(2)29-19-21-30(22-20-29)40-49-38-34-16-11-12-18-37(34)62-39(38)42(50-40)60-33-25-36-41(54)51-47(44(56)52-63(58,59)46(3)23-24-46)26-31(47)13-7-5-4-6-8-17-35(43(55)53(36)27-33)48-45(57)61-32-14-9-10-15-32/h7,11-13,16,18-22,28,31-33,35-36H,4-6,8-10,14-15,17,23-27H2,1-3H3,(H,48,57)(H,51,54)(H,52,56)/t31-,33-,35+,36+,47-/m1/s1. The summed E-state index contributed by atoms with van der Waals surface area (Å²) >= 11 is 0. The Balaban J connectivity index is 1.05. The van der Waals surface area contributed by atoms with E-state index in [1.807, 2.05) is 60.7 Å². The summed E-state index contributed by atoms with van der Waals surface area (Å²) in [6.45, 7) is 5.78. The summed E-state index contributed by atoms with van der Waals surface area (Å²) in [5.41, 5.74) is 1.81. The molecular formula is C47H56N6O9S. The largest absolute Gasteiger partial charge is 0.470 e. The van der Waals surface area contributed by atoms with E-state index in [1.165, 1.54) is 4.90 Å². The summed E-state index contributed by atoms with van der Waals surface area (Å²) in [5.74, 6) is -1.52. The number of ether oxygens (including phenoxy) is 2. The predicted octanol–water partition coefficient (Wildman–Crippen LogP) is 6.95. The van der Waals surface area contributed by atoms with Crippen LogP contribution in [0.1, 0.15) is 116 Å². The first-order valence-electron chi connectivity index (χ1n) is 22.5. The SMILES string of the molecule is CC(C)c1ccc(-c2nc(O[C@@H]3C[C@H]4C(=O)N[C@]5(C(=O)NS(=O)(=O)C6(C)CC6)C[C@H]5C=CCCCCC[C@H](NC(=O)OC5CCCC5)C(=O)N4C3)c3oc4ccccc4c3n2)cc1. The molecule has 3 saturated carbocycles. The van der Waals surface area contributed by atoms with Crippen LogP contribution in [0.15, 0.2) is 65.1 Å². The van der Waals surface area contributed by atoms with Crippen molar-refractivity contribution in [3.8, 4) is 17.3 Å². The van der Waals surface area contributed by atoms with Crippen LogP contribution in [-0.4, -0.2) is 88.2 Å². The van der Waals surface area contributed by atoms with E-state index in [-0.39, 0.29) is 31.4 Å². The van der Waals surface area contributed by atoms with Gasteiger partial charge in [0.15, 0.2) is 5.82 Å². The summed E-state index contributed by atoms with van der Waals surface area (Å²) in [6, 6.07) is 13.3. The van der Waals surface area contributed by atoms with Gasteiger partial charge >= 0.3 is 6.09 Å². The molecule has 15 nitrogen and oxygen atoms in total. The molecule has 2 aromatic carbocycles. The summed E-state index contributed by atoms with van der Waals surface area (Å²) in [7, 11) is -4.02. The second-order valence-corrected chi connectivity index (χ2v) is 20.8. The van der Waals surface area contributed by atoms with Crippen molar-refractivity contribution in [2.75, 3.05) is 6.54 Å². The highest BCUT2D eigenvalue weighted by molar-refractivity contribution is 7.91. The Morgan fingerprint density at radius 3 is 2.44 bits per heavy atom. The van der Waals surface area contributed by atoms with E-state index in [9.17, 15) is 27.6 Å². The Hall–Kier alpha value is -5.51. The number of carbonyl (C=O) groups is 4. The molecule has 1 saturated heterocycles. The fourth-order valence-electron chi connectivity index (χ4n) is 9.23. The number of furan rings is 1. The van der Waals surface area contributed by atoms with Crippen molar-refractivity contribution in [3.63, 3.8) is 0 Å². The minimum absolute atomic E-state index is 0.00443. The van der Waals surface area contributed by atoms with Crippen LogP contribution in [-0.2, 0) is 29.1 Å². The summed E-state index contributed by atoms with van der Waals surface area (Å²) in [6.07, 6.45) is 9.80. The fourth-order valence-corrected chi connectivity index (χ4v) is 10.5. The number of allylic oxidation sites excluding steroid dienone is 1. The van der Waals surface area contributed by atoms with Gasteiger partial charge in [-0.2, -0.15) is 4.98 Å². The molecule has 0 radical (unpaired) electrons. The summed E-state index contributed by atoms with van der Waals surface area (Å²) in [4.78, 5) is 68.1. The third-order valence-electron chi connectivity index (χ3n) is 13.6. The van der Waals surface area contributed by atoms with E-state index in [1.54, 1.807) is 6.92 Å². The quantitative estimate of drug-likeness (QED) is 0.147. The number of hydrogen-bond acceptors (Lipinski definition) is 11. The topological polar surface area (TPSA) is 199 Å². The lowest BCUT2D eigenvalue weighted by molar-refractivity contribution is -0.141. The Kier molecular flexibility index (Phi) is 11.5. The normalized spacial score (nSPS) is 26.4. The average molecular weight is 881 g/mol. The van der Waals surface area contributed by atoms with Gasteiger partial charge in [0.25, 0.3) is 11.8 Å². The fraction of sp³-hybridized carbons (Fsp3) is 0.532. The van der Waals surface area contributed by atoms with Crippen molar-refractivity contribution in [3.05, 3.63) is 66.2 Å². The smallest absolute Gasteiger partial charge is 0.408 e. The zero-order chi connectivity index (χ0) is 44.1. The molecule has 0 spiro atoms. The molecule has 3 N–H and O–H groups in total. The lowest BCUT2D eigenvalue weighted by Gasteiger charge is -2.30. The lowest BCUT2D eigenvalue weighted by Crippen LogP contribution is -2.58. The van der Waals surface area contributed by atoms with Gasteiger partial charge in [0.2, 0.25) is 27.4 Å². The molecule has 4 amide bonds. The maximum atomic E-state index is 14.8. The van der Waals surface area contributed by atoms with Gasteiger partial charge in [0.05, 0.1) is 11.3 Å². The number of rotatable bonds is 9. The van der Waals surface area contributed by atoms with Gasteiger partial charge in [0.1, 0.15) is 40.9 Å². The van der Waals surface area contributed by atoms with Crippen molar-refractivity contribution in [1.29, 1.82) is 0 Å². The van der Waals surface area contributed by atoms with Crippen molar-refractivity contribution in [1.82, 2.24) is 30.2 Å². The van der Waals surface area contributed by atoms with E-state index in [0.717, 1.165) is 55.0 Å². The molecule has 4 heterocycles. The number of benzene rings is 2. The maximum absolute atomic E-state index is 14.8. The van der Waals surface area contributed by atoms with E-state index in [0.29, 0.717) is 60.5 Å². The number of alkyl carbamates (subject to hydrolysis) is 1. The molecule has 334 valence electrons. The van der Waals surface area contributed by atoms with E-state index in [2.05, 4.69) is 29.2 Å². The maximum Gasteiger partial charge on any atom is 0.408 e. The molecular weight excluding hydrogens is 825 g/mol. The number of para-hydroxylation sites is 1. The Bertz CT molecular complexity index is 2560. The van der Waals surface area contributed by atoms with E-state index in [4.69, 9.17) is 23.9 Å². The second-order valence-electron chi connectivity index (χ2n) is 18.6. The van der Waals surface area contributed by atoms with Crippen LogP contribution in [0.3, 0.4) is 0 Å². The van der Waals surface area contributed by atoms with Crippen LogP contribution in [0.2, 0.25) is 0 Å². The lowest BCUT2D eigenvalue weighted by atomic mass is 10.0.